The molecule has 0 spiro atoms. The van der Waals surface area contributed by atoms with Crippen molar-refractivity contribution in [3.63, 3.8) is 0 Å². The lowest BCUT2D eigenvalue weighted by molar-refractivity contribution is -0.142. The molecule has 1 aromatic carbocycles. The smallest absolute Gasteiger partial charge is 0.242 e. The molecular weight excluding hydrogens is 518 g/mol. The van der Waals surface area contributed by atoms with Gasteiger partial charge in [0, 0.05) is 72.1 Å². The van der Waals surface area contributed by atoms with Crippen molar-refractivity contribution in [3.05, 3.63) is 35.9 Å². The number of benzene rings is 1. The highest BCUT2D eigenvalue weighted by atomic mass is 16.2. The summed E-state index contributed by atoms with van der Waals surface area (Å²) in [5.74, 6) is 0.675. The van der Waals surface area contributed by atoms with Gasteiger partial charge in [-0.05, 0) is 67.9 Å². The number of fused-ring (bicyclic) bond motifs is 3. The van der Waals surface area contributed by atoms with Crippen molar-refractivity contribution in [2.45, 2.75) is 57.9 Å². The molecule has 9 heteroatoms. The van der Waals surface area contributed by atoms with Crippen molar-refractivity contribution in [1.82, 2.24) is 24.9 Å². The monoisotopic (exact) mass is 565 g/mol. The Balaban J connectivity index is 1.26. The van der Waals surface area contributed by atoms with Gasteiger partial charge in [0.2, 0.25) is 23.6 Å². The summed E-state index contributed by atoms with van der Waals surface area (Å²) < 4.78 is 0. The van der Waals surface area contributed by atoms with Crippen LogP contribution in [-0.2, 0) is 25.7 Å². The first-order chi connectivity index (χ1) is 19.9. The van der Waals surface area contributed by atoms with E-state index in [0.717, 1.165) is 58.4 Å². The van der Waals surface area contributed by atoms with E-state index in [0.29, 0.717) is 51.2 Å². The van der Waals surface area contributed by atoms with Gasteiger partial charge in [-0.25, -0.2) is 0 Å². The molecular formula is C32H47N5O4. The van der Waals surface area contributed by atoms with Gasteiger partial charge in [0.1, 0.15) is 0 Å². The average Bonchev–Trinajstić information content (AvgIpc) is 3.51. The van der Waals surface area contributed by atoms with E-state index in [4.69, 9.17) is 0 Å². The summed E-state index contributed by atoms with van der Waals surface area (Å²) in [5.41, 5.74) is 1.28. The molecule has 0 aliphatic carbocycles. The van der Waals surface area contributed by atoms with Crippen LogP contribution < -0.4 is 5.32 Å². The molecule has 4 aliphatic heterocycles. The maximum Gasteiger partial charge on any atom is 0.242 e. The van der Waals surface area contributed by atoms with Crippen molar-refractivity contribution in [2.75, 3.05) is 59.4 Å². The third kappa shape index (κ3) is 7.87. The summed E-state index contributed by atoms with van der Waals surface area (Å²) in [6.07, 6.45) is 5.79. The van der Waals surface area contributed by atoms with Crippen LogP contribution in [0.5, 0.6) is 0 Å². The fraction of sp³-hybridized carbons (Fsp3) is 0.688. The molecule has 4 atom stereocenters. The van der Waals surface area contributed by atoms with Gasteiger partial charge in [0.05, 0.1) is 6.54 Å². The molecule has 224 valence electrons. The van der Waals surface area contributed by atoms with Crippen LogP contribution in [0.15, 0.2) is 30.3 Å². The Kier molecular flexibility index (Phi) is 9.96. The second kappa shape index (κ2) is 13.8. The quantitative estimate of drug-likeness (QED) is 0.605. The summed E-state index contributed by atoms with van der Waals surface area (Å²) in [7, 11) is 1.74. The highest BCUT2D eigenvalue weighted by molar-refractivity contribution is 5.85. The minimum Gasteiger partial charge on any atom is -0.356 e. The van der Waals surface area contributed by atoms with Crippen molar-refractivity contribution in [2.24, 2.45) is 23.7 Å². The lowest BCUT2D eigenvalue weighted by atomic mass is 9.80. The predicted molar refractivity (Wildman–Crippen MR) is 156 cm³/mol. The van der Waals surface area contributed by atoms with Crippen LogP contribution in [-0.4, -0.2) is 103 Å². The molecule has 9 nitrogen and oxygen atoms in total. The largest absolute Gasteiger partial charge is 0.356 e. The van der Waals surface area contributed by atoms with E-state index in [9.17, 15) is 19.2 Å². The number of carbonyl (C=O) groups is 4. The number of hydrogen-bond donors (Lipinski definition) is 1. The van der Waals surface area contributed by atoms with Crippen LogP contribution in [0.2, 0.25) is 0 Å². The zero-order valence-corrected chi connectivity index (χ0v) is 24.6. The summed E-state index contributed by atoms with van der Waals surface area (Å²) in [6.45, 7) is 6.04. The Hall–Kier alpha value is -2.94. The van der Waals surface area contributed by atoms with Gasteiger partial charge in [-0.1, -0.05) is 30.3 Å². The van der Waals surface area contributed by atoms with Crippen LogP contribution in [0.25, 0.3) is 0 Å². The molecule has 0 aromatic heterocycles. The number of hydrogen-bond acceptors (Lipinski definition) is 5. The summed E-state index contributed by atoms with van der Waals surface area (Å²) in [5, 5.41) is 3.16. The first-order valence-electron chi connectivity index (χ1n) is 15.7. The van der Waals surface area contributed by atoms with E-state index in [1.54, 1.807) is 11.9 Å². The normalized spacial score (nSPS) is 29.0. The van der Waals surface area contributed by atoms with Crippen LogP contribution >= 0.6 is 0 Å². The summed E-state index contributed by atoms with van der Waals surface area (Å²) >= 11 is 0. The van der Waals surface area contributed by atoms with E-state index >= 15 is 0 Å². The van der Waals surface area contributed by atoms with Gasteiger partial charge in [-0.2, -0.15) is 0 Å². The molecule has 1 N–H and O–H groups in total. The van der Waals surface area contributed by atoms with Crippen molar-refractivity contribution in [1.29, 1.82) is 0 Å². The van der Waals surface area contributed by atoms with Crippen LogP contribution in [0, 0.1) is 23.7 Å². The maximum atomic E-state index is 13.3. The lowest BCUT2D eigenvalue weighted by Gasteiger charge is -2.39. The summed E-state index contributed by atoms with van der Waals surface area (Å²) in [6, 6.07) is 10.5. The molecule has 0 saturated carbocycles. The van der Waals surface area contributed by atoms with Crippen molar-refractivity contribution in [3.8, 4) is 0 Å². The van der Waals surface area contributed by atoms with Crippen LogP contribution in [0.4, 0.5) is 0 Å². The first kappa shape index (κ1) is 29.5. The number of piperidine rings is 2. The van der Waals surface area contributed by atoms with Crippen LogP contribution in [0.3, 0.4) is 0 Å². The molecule has 4 amide bonds. The Morgan fingerprint density at radius 1 is 0.854 bits per heavy atom. The maximum absolute atomic E-state index is 13.3. The van der Waals surface area contributed by atoms with Gasteiger partial charge in [0.25, 0.3) is 0 Å². The second-order valence-corrected chi connectivity index (χ2v) is 12.8. The van der Waals surface area contributed by atoms with Crippen LogP contribution in [0.1, 0.15) is 56.9 Å². The van der Waals surface area contributed by atoms with E-state index in [2.05, 4.69) is 34.5 Å². The van der Waals surface area contributed by atoms with Crippen molar-refractivity contribution >= 4 is 23.6 Å². The minimum absolute atomic E-state index is 0.000474. The molecule has 0 radical (unpaired) electrons. The fourth-order valence-corrected chi connectivity index (χ4v) is 7.34. The van der Waals surface area contributed by atoms with Gasteiger partial charge in [-0.3, -0.25) is 24.1 Å². The number of nitrogens with zero attached hydrogens (tertiary/aromatic N) is 4. The number of likely N-dealkylation sites (N-methyl/N-ethyl adjacent to an activating group) is 1. The Bertz CT molecular complexity index is 1080. The zero-order valence-electron chi connectivity index (χ0n) is 24.6. The molecule has 5 rings (SSSR count). The molecule has 2 bridgehead atoms. The number of carbonyl (C=O) groups excluding carboxylic acids is 4. The fourth-order valence-electron chi connectivity index (χ4n) is 7.34. The van der Waals surface area contributed by atoms with Gasteiger partial charge < -0.3 is 20.0 Å². The minimum atomic E-state index is -0.0697. The van der Waals surface area contributed by atoms with Gasteiger partial charge in [0.15, 0.2) is 0 Å². The first-order valence-corrected chi connectivity index (χ1v) is 15.7. The summed E-state index contributed by atoms with van der Waals surface area (Å²) in [4.78, 5) is 60.5. The van der Waals surface area contributed by atoms with Gasteiger partial charge in [-0.15, -0.1) is 0 Å². The molecule has 0 unspecified atom stereocenters. The third-order valence-corrected chi connectivity index (χ3v) is 9.88. The highest BCUT2D eigenvalue weighted by Gasteiger charge is 2.37. The molecule has 1 aromatic rings. The van der Waals surface area contributed by atoms with E-state index in [-0.39, 0.29) is 47.9 Å². The van der Waals surface area contributed by atoms with Crippen molar-refractivity contribution < 1.29 is 19.2 Å². The molecule has 4 fully saturated rings. The predicted octanol–water partition coefficient (Wildman–Crippen LogP) is 2.36. The lowest BCUT2D eigenvalue weighted by Crippen LogP contribution is -2.49. The Labute approximate surface area is 244 Å². The molecule has 41 heavy (non-hydrogen) atoms. The van der Waals surface area contributed by atoms with Gasteiger partial charge >= 0.3 is 0 Å². The Morgan fingerprint density at radius 3 is 2.41 bits per heavy atom. The third-order valence-electron chi connectivity index (χ3n) is 9.88. The average molecular weight is 566 g/mol. The topological polar surface area (TPSA) is 93.3 Å². The standard InChI is InChI=1S/C32H47N5O4/c1-34-23-32(41)37-16-11-26(19-31(40)36-13-5-6-14-36)28(22-37)17-29(38)33-12-9-27-21-35(15-10-25(27)18-30(34)39)20-24-7-3-2-4-8-24/h2-4,7-8,25-28H,5-6,9-23H2,1H3,(H,33,38)/t25-,26-,27-,28-/m0/s1. The van der Waals surface area contributed by atoms with E-state index < -0.39 is 0 Å². The van der Waals surface area contributed by atoms with E-state index in [1.807, 2.05) is 15.9 Å². The van der Waals surface area contributed by atoms with E-state index in [1.165, 1.54) is 5.56 Å². The molecule has 4 saturated heterocycles. The number of likely N-dealkylation sites (tertiary alicyclic amines) is 2. The number of amides is 4. The second-order valence-electron chi connectivity index (χ2n) is 12.8. The molecule has 4 aliphatic rings. The molecule has 4 heterocycles. The highest BCUT2D eigenvalue weighted by Crippen LogP contribution is 2.32. The number of nitrogens with one attached hydrogen (secondary N) is 1. The Morgan fingerprint density at radius 2 is 1.63 bits per heavy atom. The zero-order chi connectivity index (χ0) is 28.8. The SMILES string of the molecule is CN1CC(=O)N2CC[C@@H](CC(=O)N3CCCC3)[C@@H](CC(=O)NCC[C@H]3CN(Cc4ccccc4)CC[C@H]3CC1=O)C2. The number of rotatable bonds is 4.